The summed E-state index contributed by atoms with van der Waals surface area (Å²) in [5.41, 5.74) is 2.05. The fraction of sp³-hybridized carbons (Fsp3) is 0.200. The van der Waals surface area contributed by atoms with E-state index in [2.05, 4.69) is 0 Å². The van der Waals surface area contributed by atoms with Gasteiger partial charge in [-0.25, -0.2) is 4.39 Å². The summed E-state index contributed by atoms with van der Waals surface area (Å²) in [5, 5.41) is 0. The highest BCUT2D eigenvalue weighted by Gasteiger charge is 1.94. The molecule has 58 valence electrons. The quantitative estimate of drug-likeness (QED) is 0.576. The molecule has 0 spiro atoms. The highest BCUT2D eigenvalue weighted by molar-refractivity contribution is 5.52. The fourth-order valence-electron chi connectivity index (χ4n) is 1.01. The first-order valence-electron chi connectivity index (χ1n) is 3.63. The molecule has 0 atom stereocenters. The Morgan fingerprint density at radius 3 is 2.64 bits per heavy atom. The molecule has 1 aromatic carbocycles. The van der Waals surface area contributed by atoms with Gasteiger partial charge in [0.25, 0.3) is 0 Å². The zero-order valence-electron chi connectivity index (χ0n) is 6.76. The maximum Gasteiger partial charge on any atom is 0.123 e. The summed E-state index contributed by atoms with van der Waals surface area (Å²) in [7, 11) is 0. The normalized spacial score (nSPS) is 10.8. The van der Waals surface area contributed by atoms with E-state index in [0.29, 0.717) is 0 Å². The molecule has 0 saturated carbocycles. The second-order valence-corrected chi connectivity index (χ2v) is 2.50. The Morgan fingerprint density at radius 1 is 1.36 bits per heavy atom. The minimum absolute atomic E-state index is 0.171. The molecule has 1 heteroatoms. The van der Waals surface area contributed by atoms with Gasteiger partial charge in [0, 0.05) is 0 Å². The van der Waals surface area contributed by atoms with Gasteiger partial charge in [-0.2, -0.15) is 0 Å². The van der Waals surface area contributed by atoms with Crippen LogP contribution in [0, 0.1) is 12.7 Å². The van der Waals surface area contributed by atoms with Gasteiger partial charge < -0.3 is 0 Å². The van der Waals surface area contributed by atoms with Crippen molar-refractivity contribution >= 4 is 6.08 Å². The first kappa shape index (κ1) is 7.99. The van der Waals surface area contributed by atoms with Crippen molar-refractivity contribution in [2.24, 2.45) is 0 Å². The molecule has 11 heavy (non-hydrogen) atoms. The van der Waals surface area contributed by atoms with Crippen LogP contribution in [-0.2, 0) is 0 Å². The van der Waals surface area contributed by atoms with Crippen LogP contribution < -0.4 is 0 Å². The second kappa shape index (κ2) is 3.33. The standard InChI is InChI=1S/C10H11F/c1-3-4-9-5-6-10(11)7-8(9)2/h3-7H,1-2H3/b4-3+. The summed E-state index contributed by atoms with van der Waals surface area (Å²) < 4.78 is 12.6. The summed E-state index contributed by atoms with van der Waals surface area (Å²) in [6.07, 6.45) is 3.91. The second-order valence-electron chi connectivity index (χ2n) is 2.50. The Labute approximate surface area is 66.4 Å². The average molecular weight is 150 g/mol. The van der Waals surface area contributed by atoms with Crippen molar-refractivity contribution in [2.75, 3.05) is 0 Å². The Hall–Kier alpha value is -1.11. The first-order chi connectivity index (χ1) is 5.24. The van der Waals surface area contributed by atoms with Crippen LogP contribution in [0.4, 0.5) is 4.39 Å². The third-order valence-electron chi connectivity index (χ3n) is 1.58. The summed E-state index contributed by atoms with van der Waals surface area (Å²) in [5.74, 6) is -0.171. The SMILES string of the molecule is C/C=C/c1ccc(F)cc1C. The van der Waals surface area contributed by atoms with E-state index in [0.717, 1.165) is 11.1 Å². The highest BCUT2D eigenvalue weighted by atomic mass is 19.1. The van der Waals surface area contributed by atoms with Crippen LogP contribution in [0.25, 0.3) is 6.08 Å². The number of hydrogen-bond acceptors (Lipinski definition) is 0. The van der Waals surface area contributed by atoms with Crippen molar-refractivity contribution in [2.45, 2.75) is 13.8 Å². The lowest BCUT2D eigenvalue weighted by atomic mass is 10.1. The van der Waals surface area contributed by atoms with Crippen LogP contribution in [0.15, 0.2) is 24.3 Å². The molecule has 0 radical (unpaired) electrons. The number of benzene rings is 1. The van der Waals surface area contributed by atoms with Crippen molar-refractivity contribution in [3.8, 4) is 0 Å². The van der Waals surface area contributed by atoms with Gasteiger partial charge in [-0.1, -0.05) is 18.2 Å². The van der Waals surface area contributed by atoms with Crippen LogP contribution in [-0.4, -0.2) is 0 Å². The third kappa shape index (κ3) is 1.90. The van der Waals surface area contributed by atoms with Crippen LogP contribution >= 0.6 is 0 Å². The van der Waals surface area contributed by atoms with E-state index in [1.807, 2.05) is 26.0 Å². The monoisotopic (exact) mass is 150 g/mol. The summed E-state index contributed by atoms with van der Waals surface area (Å²) in [4.78, 5) is 0. The molecule has 0 heterocycles. The fourth-order valence-corrected chi connectivity index (χ4v) is 1.01. The van der Waals surface area contributed by atoms with Crippen LogP contribution in [0.5, 0.6) is 0 Å². The number of hydrogen-bond donors (Lipinski definition) is 0. The van der Waals surface area contributed by atoms with Gasteiger partial charge in [0.05, 0.1) is 0 Å². The van der Waals surface area contributed by atoms with E-state index < -0.39 is 0 Å². The molecule has 0 nitrogen and oxygen atoms in total. The number of aryl methyl sites for hydroxylation is 1. The van der Waals surface area contributed by atoms with E-state index in [9.17, 15) is 4.39 Å². The van der Waals surface area contributed by atoms with E-state index in [-0.39, 0.29) is 5.82 Å². The van der Waals surface area contributed by atoms with Crippen LogP contribution in [0.2, 0.25) is 0 Å². The van der Waals surface area contributed by atoms with Crippen molar-refractivity contribution in [3.05, 3.63) is 41.2 Å². The lowest BCUT2D eigenvalue weighted by molar-refractivity contribution is 0.626. The van der Waals surface area contributed by atoms with Gasteiger partial charge >= 0.3 is 0 Å². The minimum atomic E-state index is -0.171. The predicted molar refractivity (Wildman–Crippen MR) is 45.8 cm³/mol. The minimum Gasteiger partial charge on any atom is -0.207 e. The smallest absolute Gasteiger partial charge is 0.123 e. The Balaban J connectivity index is 3.09. The van der Waals surface area contributed by atoms with Crippen molar-refractivity contribution < 1.29 is 4.39 Å². The molecule has 0 bridgehead atoms. The molecule has 0 amide bonds. The maximum atomic E-state index is 12.6. The van der Waals surface area contributed by atoms with Gasteiger partial charge in [-0.05, 0) is 37.1 Å². The third-order valence-corrected chi connectivity index (χ3v) is 1.58. The molecule has 0 aromatic heterocycles. The molecule has 0 aliphatic rings. The Bertz CT molecular complexity index is 274. The maximum absolute atomic E-state index is 12.6. The number of halogens is 1. The van der Waals surface area contributed by atoms with Crippen LogP contribution in [0.3, 0.4) is 0 Å². The molecular formula is C10H11F. The van der Waals surface area contributed by atoms with E-state index in [1.165, 1.54) is 12.1 Å². The number of rotatable bonds is 1. The van der Waals surface area contributed by atoms with Crippen LogP contribution in [0.1, 0.15) is 18.1 Å². The van der Waals surface area contributed by atoms with E-state index in [1.54, 1.807) is 6.07 Å². The molecule has 0 unspecified atom stereocenters. The van der Waals surface area contributed by atoms with Gasteiger partial charge in [0.1, 0.15) is 5.82 Å². The van der Waals surface area contributed by atoms with E-state index >= 15 is 0 Å². The average Bonchev–Trinajstić information content (AvgIpc) is 1.95. The van der Waals surface area contributed by atoms with Gasteiger partial charge in [0.15, 0.2) is 0 Å². The molecule has 0 aliphatic heterocycles. The predicted octanol–water partition coefficient (Wildman–Crippen LogP) is 3.17. The Morgan fingerprint density at radius 2 is 2.09 bits per heavy atom. The van der Waals surface area contributed by atoms with Gasteiger partial charge in [0.2, 0.25) is 0 Å². The molecule has 0 aliphatic carbocycles. The zero-order chi connectivity index (χ0) is 8.27. The zero-order valence-corrected chi connectivity index (χ0v) is 6.76. The molecule has 1 rings (SSSR count). The number of allylic oxidation sites excluding steroid dienone is 1. The lowest BCUT2D eigenvalue weighted by Gasteiger charge is -1.98. The molecule has 1 aromatic rings. The van der Waals surface area contributed by atoms with Crippen molar-refractivity contribution in [1.82, 2.24) is 0 Å². The molecule has 0 fully saturated rings. The largest absolute Gasteiger partial charge is 0.207 e. The van der Waals surface area contributed by atoms with Gasteiger partial charge in [-0.15, -0.1) is 0 Å². The van der Waals surface area contributed by atoms with Gasteiger partial charge in [-0.3, -0.25) is 0 Å². The summed E-state index contributed by atoms with van der Waals surface area (Å²) in [6.45, 7) is 3.85. The molecule has 0 N–H and O–H groups in total. The Kier molecular flexibility index (Phi) is 2.42. The van der Waals surface area contributed by atoms with Crippen molar-refractivity contribution in [1.29, 1.82) is 0 Å². The summed E-state index contributed by atoms with van der Waals surface area (Å²) in [6, 6.07) is 4.79. The lowest BCUT2D eigenvalue weighted by Crippen LogP contribution is -1.81. The molecular weight excluding hydrogens is 139 g/mol. The topological polar surface area (TPSA) is 0 Å². The summed E-state index contributed by atoms with van der Waals surface area (Å²) >= 11 is 0. The molecule has 0 saturated heterocycles. The first-order valence-corrected chi connectivity index (χ1v) is 3.63. The highest BCUT2D eigenvalue weighted by Crippen LogP contribution is 2.11. The van der Waals surface area contributed by atoms with E-state index in [4.69, 9.17) is 0 Å². The van der Waals surface area contributed by atoms with Crippen molar-refractivity contribution in [3.63, 3.8) is 0 Å².